The van der Waals surface area contributed by atoms with Crippen molar-refractivity contribution in [1.29, 1.82) is 0 Å². The van der Waals surface area contributed by atoms with Gasteiger partial charge in [-0.15, -0.1) is 0 Å². The Morgan fingerprint density at radius 1 is 0.793 bits per heavy atom. The average Bonchev–Trinajstić information content (AvgIpc) is 3.19. The van der Waals surface area contributed by atoms with Crippen molar-refractivity contribution >= 4 is 50.9 Å². The zero-order valence-electron chi connectivity index (χ0n) is 33.0. The van der Waals surface area contributed by atoms with Gasteiger partial charge >= 0.3 is 24.1 Å². The van der Waals surface area contributed by atoms with Crippen molar-refractivity contribution < 1.29 is 55.5 Å². The Kier molecular flexibility index (Phi) is 16.0. The molecular weight excluding hydrogens is 773 g/mol. The zero-order valence-corrected chi connectivity index (χ0v) is 33.8. The second-order valence-electron chi connectivity index (χ2n) is 12.9. The minimum atomic E-state index is -4.63. The number of nitrogens with zero attached hydrogens (tertiary/aromatic N) is 2. The third-order valence-electron chi connectivity index (χ3n) is 8.71. The van der Waals surface area contributed by atoms with Gasteiger partial charge in [-0.05, 0) is 52.0 Å². The number of amides is 2. The van der Waals surface area contributed by atoms with Crippen LogP contribution in [-0.2, 0) is 38.7 Å². The van der Waals surface area contributed by atoms with Crippen molar-refractivity contribution in [3.8, 4) is 22.5 Å². The molecule has 0 aromatic heterocycles. The third kappa shape index (κ3) is 12.1. The monoisotopic (exact) mass is 821 g/mol. The number of carbonyl (C=O) groups is 4. The van der Waals surface area contributed by atoms with E-state index in [1.54, 1.807) is 12.1 Å². The Balaban J connectivity index is 1.62. The molecule has 0 spiro atoms. The van der Waals surface area contributed by atoms with Crippen LogP contribution in [0.5, 0.6) is 0 Å². The molecule has 0 saturated heterocycles. The van der Waals surface area contributed by atoms with Gasteiger partial charge in [0.05, 0.1) is 25.7 Å². The second kappa shape index (κ2) is 20.8. The first-order chi connectivity index (χ1) is 27.6. The minimum Gasteiger partial charge on any atom is -0.460 e. The maximum Gasteiger partial charge on any atom is 0.407 e. The van der Waals surface area contributed by atoms with Crippen LogP contribution in [0, 0.1) is 0 Å². The van der Waals surface area contributed by atoms with Crippen LogP contribution in [0.15, 0.2) is 94.3 Å². The van der Waals surface area contributed by atoms with Gasteiger partial charge in [-0.1, -0.05) is 31.4 Å². The van der Waals surface area contributed by atoms with E-state index in [1.165, 1.54) is 26.0 Å². The van der Waals surface area contributed by atoms with Crippen LogP contribution in [0.1, 0.15) is 27.7 Å². The van der Waals surface area contributed by atoms with Crippen LogP contribution in [-0.4, -0.2) is 103 Å². The molecule has 1 heterocycles. The molecule has 2 amide bonds. The van der Waals surface area contributed by atoms with Gasteiger partial charge in [-0.25, -0.2) is 23.8 Å². The SMILES string of the molecule is C=C(C)C(=O)OCCNC(=O)OCCN(CC)c1ccc2c(-c3ccccc3S(=O)(=O)O)c3cc/c(=[N+](/CC)CCOC(=O)NCCOC(=O)C(=C)C)cc-3oc2c1. The molecule has 17 heteroatoms. The zero-order chi connectivity index (χ0) is 42.4. The molecule has 2 aromatic rings. The number of anilines is 1. The number of benzene rings is 3. The highest BCUT2D eigenvalue weighted by molar-refractivity contribution is 7.86. The topological polar surface area (TPSA) is 203 Å². The Hall–Kier alpha value is -6.20. The van der Waals surface area contributed by atoms with Gasteiger partial charge < -0.3 is 38.9 Å². The van der Waals surface area contributed by atoms with Crippen LogP contribution in [0.2, 0.25) is 0 Å². The van der Waals surface area contributed by atoms with Crippen molar-refractivity contribution in [2.24, 2.45) is 0 Å². The number of rotatable bonds is 19. The summed E-state index contributed by atoms with van der Waals surface area (Å²) in [6.45, 7) is 15.8. The summed E-state index contributed by atoms with van der Waals surface area (Å²) in [5.74, 6) is -0.684. The molecule has 0 fully saturated rings. The molecule has 2 aliphatic rings. The van der Waals surface area contributed by atoms with E-state index >= 15 is 0 Å². The van der Waals surface area contributed by atoms with Gasteiger partial charge in [0.2, 0.25) is 5.36 Å². The number of carbonyl (C=O) groups excluding carboxylic acids is 4. The molecule has 0 saturated carbocycles. The van der Waals surface area contributed by atoms with Gasteiger partial charge in [0.25, 0.3) is 10.1 Å². The first-order valence-corrected chi connectivity index (χ1v) is 20.0. The summed E-state index contributed by atoms with van der Waals surface area (Å²) in [5.41, 5.74) is 3.05. The lowest BCUT2D eigenvalue weighted by Gasteiger charge is -2.24. The van der Waals surface area contributed by atoms with E-state index < -0.39 is 34.2 Å². The highest BCUT2D eigenvalue weighted by Crippen LogP contribution is 2.42. The van der Waals surface area contributed by atoms with Crippen molar-refractivity contribution in [2.75, 3.05) is 70.6 Å². The molecule has 4 rings (SSSR count). The molecular formula is C41H49N4O12S+. The Labute approximate surface area is 336 Å². The number of nitrogens with one attached hydrogen (secondary N) is 2. The smallest absolute Gasteiger partial charge is 0.407 e. The summed E-state index contributed by atoms with van der Waals surface area (Å²) >= 11 is 0. The minimum absolute atomic E-state index is 0.0298. The first-order valence-electron chi connectivity index (χ1n) is 18.5. The maximum absolute atomic E-state index is 12.6. The fraction of sp³-hybridized carbons (Fsp3) is 0.341. The van der Waals surface area contributed by atoms with E-state index in [4.69, 9.17) is 23.4 Å². The molecule has 1 aliphatic heterocycles. The normalized spacial score (nSPS) is 11.7. The predicted molar refractivity (Wildman–Crippen MR) is 217 cm³/mol. The van der Waals surface area contributed by atoms with Crippen molar-refractivity contribution in [1.82, 2.24) is 15.2 Å². The van der Waals surface area contributed by atoms with Crippen molar-refractivity contribution in [3.05, 3.63) is 90.3 Å². The Morgan fingerprint density at radius 2 is 1.41 bits per heavy atom. The number of hydrogen-bond acceptors (Lipinski definition) is 12. The molecule has 0 bridgehead atoms. The predicted octanol–water partition coefficient (Wildman–Crippen LogP) is 4.76. The molecule has 2 aromatic carbocycles. The molecule has 0 unspecified atom stereocenters. The summed E-state index contributed by atoms with van der Waals surface area (Å²) in [5, 5.41) is 6.37. The van der Waals surface area contributed by atoms with Crippen LogP contribution in [0.3, 0.4) is 0 Å². The highest BCUT2D eigenvalue weighted by Gasteiger charge is 2.24. The average molecular weight is 822 g/mol. The summed E-state index contributed by atoms with van der Waals surface area (Å²) in [7, 11) is -4.63. The maximum atomic E-state index is 12.6. The van der Waals surface area contributed by atoms with Crippen molar-refractivity contribution in [3.63, 3.8) is 0 Å². The molecule has 3 N–H and O–H groups in total. The van der Waals surface area contributed by atoms with Crippen LogP contribution in [0.25, 0.3) is 33.4 Å². The standard InChI is InChI=1S/C41H48N4O12S/c1-7-44(19-23-55-40(48)42-17-21-53-38(46)27(3)4)29-13-15-31-34(25-29)57-35-26-30(14-16-32(35)37(31)33-11-9-10-12-36(33)58(50,51)52)45(8-2)20-24-56-41(49)43-18-22-54-39(47)28(5)6/h9-16,25-26H,3,5,7-8,17-24H2,1-2,4,6H3,(H2-,42,43,48,49,50,51,52)/p+1. The molecule has 310 valence electrons. The molecule has 1 aliphatic carbocycles. The van der Waals surface area contributed by atoms with Gasteiger partial charge in [-0.3, -0.25) is 4.55 Å². The summed E-state index contributed by atoms with van der Waals surface area (Å²) < 4.78 is 64.5. The van der Waals surface area contributed by atoms with Gasteiger partial charge in [0.1, 0.15) is 42.6 Å². The van der Waals surface area contributed by atoms with E-state index in [-0.39, 0.29) is 61.1 Å². The molecule has 16 nitrogen and oxygen atoms in total. The number of hydrogen-bond donors (Lipinski definition) is 3. The fourth-order valence-electron chi connectivity index (χ4n) is 5.83. The lowest BCUT2D eigenvalue weighted by atomic mass is 9.93. The van der Waals surface area contributed by atoms with Crippen molar-refractivity contribution in [2.45, 2.75) is 32.6 Å². The van der Waals surface area contributed by atoms with Gasteiger partial charge in [-0.2, -0.15) is 8.42 Å². The van der Waals surface area contributed by atoms with Crippen LogP contribution >= 0.6 is 0 Å². The first kappa shape index (κ1) is 44.5. The molecule has 0 radical (unpaired) electrons. The second-order valence-corrected chi connectivity index (χ2v) is 14.3. The van der Waals surface area contributed by atoms with E-state index in [1.807, 2.05) is 59.7 Å². The summed E-state index contributed by atoms with van der Waals surface area (Å²) in [4.78, 5) is 49.2. The highest BCUT2D eigenvalue weighted by atomic mass is 32.2. The number of fused-ring (bicyclic) bond motifs is 2. The molecule has 0 atom stereocenters. The third-order valence-corrected chi connectivity index (χ3v) is 9.62. The largest absolute Gasteiger partial charge is 0.460 e. The van der Waals surface area contributed by atoms with Crippen LogP contribution < -0.4 is 25.5 Å². The number of alkyl carbamates (subject to hydrolysis) is 2. The summed E-state index contributed by atoms with van der Waals surface area (Å²) in [6.07, 6.45) is -1.34. The van der Waals surface area contributed by atoms with E-state index in [2.05, 4.69) is 23.8 Å². The number of esters is 2. The lowest BCUT2D eigenvalue weighted by molar-refractivity contribution is -0.139. The lowest BCUT2D eigenvalue weighted by Crippen LogP contribution is -2.35. The van der Waals surface area contributed by atoms with E-state index in [0.717, 1.165) is 11.0 Å². The van der Waals surface area contributed by atoms with Gasteiger partial charge in [0.15, 0.2) is 13.2 Å². The number of likely N-dealkylation sites (N-methyl/N-ethyl adjacent to an activating group) is 2. The number of ether oxygens (including phenoxy) is 4. The quantitative estimate of drug-likeness (QED) is 0.0223. The van der Waals surface area contributed by atoms with Gasteiger partial charge in [0, 0.05) is 57.6 Å². The fourth-order valence-corrected chi connectivity index (χ4v) is 6.53. The summed E-state index contributed by atoms with van der Waals surface area (Å²) in [6, 6.07) is 17.1. The van der Waals surface area contributed by atoms with E-state index in [0.29, 0.717) is 54.0 Å². The Morgan fingerprint density at radius 3 is 2.00 bits per heavy atom. The molecule has 58 heavy (non-hydrogen) atoms. The van der Waals surface area contributed by atoms with E-state index in [9.17, 15) is 32.1 Å². The Bertz CT molecular complexity index is 2320. The van der Waals surface area contributed by atoms with Crippen LogP contribution in [0.4, 0.5) is 15.3 Å².